The normalized spacial score (nSPS) is 9.87. The Morgan fingerprint density at radius 2 is 1.53 bits per heavy atom. The molecule has 0 aliphatic heterocycles. The average molecular weight is 201 g/mol. The SMILES string of the molecule is Nc1cc(N)nc(Nc2ccccc2)n1. The molecule has 5 N–H and O–H groups in total. The number of hydrogen-bond acceptors (Lipinski definition) is 5. The molecule has 0 saturated carbocycles. The Bertz CT molecular complexity index is 434. The number of rotatable bonds is 2. The number of benzene rings is 1. The van der Waals surface area contributed by atoms with Crippen molar-refractivity contribution >= 4 is 23.3 Å². The van der Waals surface area contributed by atoms with Gasteiger partial charge in [0.25, 0.3) is 0 Å². The van der Waals surface area contributed by atoms with E-state index in [9.17, 15) is 0 Å². The van der Waals surface area contributed by atoms with Crippen LogP contribution in [-0.4, -0.2) is 9.97 Å². The maximum Gasteiger partial charge on any atom is 0.231 e. The molecule has 1 aromatic heterocycles. The number of hydrogen-bond donors (Lipinski definition) is 3. The first kappa shape index (κ1) is 9.26. The topological polar surface area (TPSA) is 89.9 Å². The second kappa shape index (κ2) is 3.83. The van der Waals surface area contributed by atoms with Crippen LogP contribution in [0.2, 0.25) is 0 Å². The number of para-hydroxylation sites is 1. The second-order valence-electron chi connectivity index (χ2n) is 3.03. The molecule has 0 radical (unpaired) electrons. The van der Waals surface area contributed by atoms with Crippen LogP contribution in [0.1, 0.15) is 0 Å². The number of nitrogens with two attached hydrogens (primary N) is 2. The summed E-state index contributed by atoms with van der Waals surface area (Å²) in [6.45, 7) is 0. The fraction of sp³-hybridized carbons (Fsp3) is 0. The Morgan fingerprint density at radius 1 is 0.933 bits per heavy atom. The number of nitrogen functional groups attached to an aromatic ring is 2. The van der Waals surface area contributed by atoms with Gasteiger partial charge in [-0.15, -0.1) is 0 Å². The average Bonchev–Trinajstić information content (AvgIpc) is 2.17. The summed E-state index contributed by atoms with van der Waals surface area (Å²) in [6, 6.07) is 11.1. The molecule has 76 valence electrons. The molecule has 0 spiro atoms. The van der Waals surface area contributed by atoms with Gasteiger partial charge in [-0.3, -0.25) is 0 Å². The molecular weight excluding hydrogens is 190 g/mol. The van der Waals surface area contributed by atoms with Gasteiger partial charge in [-0.1, -0.05) is 18.2 Å². The molecular formula is C10H11N5. The highest BCUT2D eigenvalue weighted by Gasteiger charge is 1.99. The molecule has 0 aliphatic carbocycles. The summed E-state index contributed by atoms with van der Waals surface area (Å²) in [5.74, 6) is 1.10. The molecule has 2 rings (SSSR count). The van der Waals surface area contributed by atoms with Crippen LogP contribution in [0.4, 0.5) is 23.3 Å². The molecule has 15 heavy (non-hydrogen) atoms. The minimum atomic E-state index is 0.348. The van der Waals surface area contributed by atoms with Gasteiger partial charge in [0, 0.05) is 11.8 Å². The third-order valence-electron chi connectivity index (χ3n) is 1.80. The molecule has 0 fully saturated rings. The number of aromatic nitrogens is 2. The quantitative estimate of drug-likeness (QED) is 0.683. The van der Waals surface area contributed by atoms with E-state index in [4.69, 9.17) is 11.5 Å². The van der Waals surface area contributed by atoms with Crippen molar-refractivity contribution in [1.82, 2.24) is 9.97 Å². The summed E-state index contributed by atoms with van der Waals surface area (Å²) in [5, 5.41) is 3.00. The van der Waals surface area contributed by atoms with Crippen molar-refractivity contribution in [2.75, 3.05) is 16.8 Å². The van der Waals surface area contributed by atoms with Gasteiger partial charge in [0.1, 0.15) is 11.6 Å². The molecule has 0 amide bonds. The summed E-state index contributed by atoms with van der Waals surface area (Å²) in [6.07, 6.45) is 0. The van der Waals surface area contributed by atoms with E-state index in [0.717, 1.165) is 5.69 Å². The molecule has 1 aromatic carbocycles. The van der Waals surface area contributed by atoms with Gasteiger partial charge in [-0.25, -0.2) is 0 Å². The molecule has 1 heterocycles. The van der Waals surface area contributed by atoms with Crippen molar-refractivity contribution < 1.29 is 0 Å². The fourth-order valence-electron chi connectivity index (χ4n) is 1.19. The van der Waals surface area contributed by atoms with E-state index in [1.165, 1.54) is 6.07 Å². The summed E-state index contributed by atoms with van der Waals surface area (Å²) in [5.41, 5.74) is 12.0. The Hall–Kier alpha value is -2.30. The van der Waals surface area contributed by atoms with Crippen LogP contribution in [-0.2, 0) is 0 Å². The van der Waals surface area contributed by atoms with Gasteiger partial charge < -0.3 is 16.8 Å². The van der Waals surface area contributed by atoms with Crippen LogP contribution in [0.5, 0.6) is 0 Å². The van der Waals surface area contributed by atoms with E-state index >= 15 is 0 Å². The van der Waals surface area contributed by atoms with Gasteiger partial charge in [0.05, 0.1) is 0 Å². The minimum Gasteiger partial charge on any atom is -0.383 e. The molecule has 0 saturated heterocycles. The van der Waals surface area contributed by atoms with Crippen molar-refractivity contribution in [2.45, 2.75) is 0 Å². The highest BCUT2D eigenvalue weighted by atomic mass is 15.1. The largest absolute Gasteiger partial charge is 0.383 e. The van der Waals surface area contributed by atoms with E-state index in [1.54, 1.807) is 0 Å². The van der Waals surface area contributed by atoms with Crippen molar-refractivity contribution in [2.24, 2.45) is 0 Å². The lowest BCUT2D eigenvalue weighted by atomic mass is 10.3. The maximum absolute atomic E-state index is 5.54. The van der Waals surface area contributed by atoms with Crippen LogP contribution in [0.25, 0.3) is 0 Å². The highest BCUT2D eigenvalue weighted by molar-refractivity contribution is 5.56. The highest BCUT2D eigenvalue weighted by Crippen LogP contribution is 2.14. The standard InChI is InChI=1S/C10H11N5/c11-8-6-9(12)15-10(14-8)13-7-4-2-1-3-5-7/h1-6H,(H5,11,12,13,14,15). The predicted octanol–water partition coefficient (Wildman–Crippen LogP) is 1.38. The van der Waals surface area contributed by atoms with Crippen molar-refractivity contribution in [3.8, 4) is 0 Å². The zero-order chi connectivity index (χ0) is 10.7. The lowest BCUT2D eigenvalue weighted by molar-refractivity contribution is 1.18. The van der Waals surface area contributed by atoms with Crippen LogP contribution < -0.4 is 16.8 Å². The van der Waals surface area contributed by atoms with Crippen molar-refractivity contribution in [3.05, 3.63) is 36.4 Å². The summed E-state index contributed by atoms with van der Waals surface area (Å²) >= 11 is 0. The van der Waals surface area contributed by atoms with Gasteiger partial charge >= 0.3 is 0 Å². The first-order valence-electron chi connectivity index (χ1n) is 4.46. The van der Waals surface area contributed by atoms with E-state index < -0.39 is 0 Å². The molecule has 2 aromatic rings. The fourth-order valence-corrected chi connectivity index (χ4v) is 1.19. The van der Waals surface area contributed by atoms with Gasteiger partial charge in [0.15, 0.2) is 0 Å². The molecule has 0 unspecified atom stereocenters. The van der Waals surface area contributed by atoms with Crippen molar-refractivity contribution in [3.63, 3.8) is 0 Å². The van der Waals surface area contributed by atoms with Crippen LogP contribution in [0, 0.1) is 0 Å². The lowest BCUT2D eigenvalue weighted by Gasteiger charge is -2.05. The Kier molecular flexibility index (Phi) is 2.37. The minimum absolute atomic E-state index is 0.348. The lowest BCUT2D eigenvalue weighted by Crippen LogP contribution is -2.02. The maximum atomic E-state index is 5.54. The first-order chi connectivity index (χ1) is 7.24. The van der Waals surface area contributed by atoms with Crippen molar-refractivity contribution in [1.29, 1.82) is 0 Å². The zero-order valence-corrected chi connectivity index (χ0v) is 8.01. The first-order valence-corrected chi connectivity index (χ1v) is 4.46. The predicted molar refractivity (Wildman–Crippen MR) is 60.6 cm³/mol. The summed E-state index contributed by atoms with van der Waals surface area (Å²) in [4.78, 5) is 8.01. The van der Waals surface area contributed by atoms with Gasteiger partial charge in [-0.2, -0.15) is 9.97 Å². The number of nitrogens with zero attached hydrogens (tertiary/aromatic N) is 2. The Labute approximate surface area is 87.2 Å². The van der Waals surface area contributed by atoms with E-state index in [2.05, 4.69) is 15.3 Å². The summed E-state index contributed by atoms with van der Waals surface area (Å²) < 4.78 is 0. The van der Waals surface area contributed by atoms with E-state index in [-0.39, 0.29) is 0 Å². The monoisotopic (exact) mass is 201 g/mol. The van der Waals surface area contributed by atoms with Crippen LogP contribution >= 0.6 is 0 Å². The molecule has 0 bridgehead atoms. The summed E-state index contributed by atoms with van der Waals surface area (Å²) in [7, 11) is 0. The van der Waals surface area contributed by atoms with Gasteiger partial charge in [-0.05, 0) is 12.1 Å². The third-order valence-corrected chi connectivity index (χ3v) is 1.80. The Morgan fingerprint density at radius 3 is 2.13 bits per heavy atom. The van der Waals surface area contributed by atoms with Gasteiger partial charge in [0.2, 0.25) is 5.95 Å². The molecule has 5 nitrogen and oxygen atoms in total. The molecule has 0 atom stereocenters. The zero-order valence-electron chi connectivity index (χ0n) is 8.01. The number of nitrogens with one attached hydrogen (secondary N) is 1. The third kappa shape index (κ3) is 2.34. The molecule has 0 aliphatic rings. The van der Waals surface area contributed by atoms with Crippen LogP contribution in [0.3, 0.4) is 0 Å². The van der Waals surface area contributed by atoms with E-state index in [0.29, 0.717) is 17.6 Å². The number of anilines is 4. The smallest absolute Gasteiger partial charge is 0.231 e. The van der Waals surface area contributed by atoms with Crippen LogP contribution in [0.15, 0.2) is 36.4 Å². The second-order valence-corrected chi connectivity index (χ2v) is 3.03. The molecule has 5 heteroatoms. The Balaban J connectivity index is 2.25. The van der Waals surface area contributed by atoms with E-state index in [1.807, 2.05) is 30.3 Å².